The van der Waals surface area contributed by atoms with Crippen molar-refractivity contribution < 1.29 is 4.74 Å². The SMILES string of the molecule is CC1CCC(CN)(CN(C)CC2CCCCO2)CC1. The van der Waals surface area contributed by atoms with E-state index in [9.17, 15) is 0 Å². The summed E-state index contributed by atoms with van der Waals surface area (Å²) in [6.07, 6.45) is 9.58. The Labute approximate surface area is 118 Å². The van der Waals surface area contributed by atoms with E-state index in [0.717, 1.165) is 32.2 Å². The molecule has 1 saturated heterocycles. The molecular weight excluding hydrogens is 236 g/mol. The Kier molecular flexibility index (Phi) is 5.67. The third-order valence-electron chi connectivity index (χ3n) is 5.16. The van der Waals surface area contributed by atoms with Crippen LogP contribution in [-0.2, 0) is 4.74 Å². The number of nitrogens with zero attached hydrogens (tertiary/aromatic N) is 1. The van der Waals surface area contributed by atoms with Crippen molar-refractivity contribution >= 4 is 0 Å². The predicted octanol–water partition coefficient (Wildman–Crippen LogP) is 2.64. The molecule has 2 rings (SSSR count). The molecule has 0 amide bonds. The molecule has 0 bridgehead atoms. The van der Waals surface area contributed by atoms with Crippen molar-refractivity contribution in [1.82, 2.24) is 4.90 Å². The molecule has 0 aromatic rings. The molecule has 2 N–H and O–H groups in total. The summed E-state index contributed by atoms with van der Waals surface area (Å²) in [6.45, 7) is 6.40. The minimum atomic E-state index is 0.371. The third kappa shape index (κ3) is 4.44. The zero-order chi connectivity index (χ0) is 13.7. The lowest BCUT2D eigenvalue weighted by molar-refractivity contribution is -0.0109. The number of likely N-dealkylation sites (N-methyl/N-ethyl adjacent to an activating group) is 1. The Morgan fingerprint density at radius 3 is 2.53 bits per heavy atom. The van der Waals surface area contributed by atoms with Gasteiger partial charge in [-0.3, -0.25) is 0 Å². The molecule has 1 heterocycles. The van der Waals surface area contributed by atoms with Crippen LogP contribution in [0.1, 0.15) is 51.9 Å². The Bertz CT molecular complexity index is 255. The first kappa shape index (κ1) is 15.3. The fourth-order valence-corrected chi connectivity index (χ4v) is 3.74. The second kappa shape index (κ2) is 7.05. The fourth-order valence-electron chi connectivity index (χ4n) is 3.74. The normalized spacial score (nSPS) is 36.6. The van der Waals surface area contributed by atoms with Crippen LogP contribution in [0, 0.1) is 11.3 Å². The van der Waals surface area contributed by atoms with Crippen molar-refractivity contribution in [2.24, 2.45) is 17.1 Å². The van der Waals surface area contributed by atoms with Gasteiger partial charge in [-0.25, -0.2) is 0 Å². The molecule has 19 heavy (non-hydrogen) atoms. The molecule has 1 aliphatic heterocycles. The molecule has 1 aliphatic carbocycles. The zero-order valence-corrected chi connectivity index (χ0v) is 12.9. The van der Waals surface area contributed by atoms with Gasteiger partial charge in [0.25, 0.3) is 0 Å². The van der Waals surface area contributed by atoms with Crippen LogP contribution in [-0.4, -0.2) is 44.3 Å². The van der Waals surface area contributed by atoms with E-state index < -0.39 is 0 Å². The van der Waals surface area contributed by atoms with Gasteiger partial charge in [0, 0.05) is 19.7 Å². The van der Waals surface area contributed by atoms with Gasteiger partial charge in [-0.1, -0.05) is 19.8 Å². The van der Waals surface area contributed by atoms with Crippen LogP contribution in [0.3, 0.4) is 0 Å². The number of rotatable bonds is 5. The number of hydrogen-bond donors (Lipinski definition) is 1. The maximum atomic E-state index is 6.11. The second-order valence-electron chi connectivity index (χ2n) is 7.07. The summed E-state index contributed by atoms with van der Waals surface area (Å²) in [7, 11) is 2.24. The molecular formula is C16H32N2O. The quantitative estimate of drug-likeness (QED) is 0.833. The predicted molar refractivity (Wildman–Crippen MR) is 80.2 cm³/mol. The molecule has 1 saturated carbocycles. The van der Waals surface area contributed by atoms with Gasteiger partial charge in [-0.05, 0) is 57.0 Å². The van der Waals surface area contributed by atoms with Crippen molar-refractivity contribution in [3.8, 4) is 0 Å². The highest BCUT2D eigenvalue weighted by Crippen LogP contribution is 2.38. The molecule has 0 spiro atoms. The largest absolute Gasteiger partial charge is 0.377 e. The first-order chi connectivity index (χ1) is 9.13. The van der Waals surface area contributed by atoms with Crippen molar-refractivity contribution in [2.75, 3.05) is 33.3 Å². The van der Waals surface area contributed by atoms with Gasteiger partial charge in [-0.15, -0.1) is 0 Å². The van der Waals surface area contributed by atoms with Crippen molar-refractivity contribution in [3.05, 3.63) is 0 Å². The smallest absolute Gasteiger partial charge is 0.0701 e. The van der Waals surface area contributed by atoms with Gasteiger partial charge >= 0.3 is 0 Å². The molecule has 3 nitrogen and oxygen atoms in total. The van der Waals surface area contributed by atoms with Crippen LogP contribution in [0.25, 0.3) is 0 Å². The molecule has 2 aliphatic rings. The monoisotopic (exact) mass is 268 g/mol. The maximum Gasteiger partial charge on any atom is 0.0701 e. The highest BCUT2D eigenvalue weighted by molar-refractivity contribution is 4.88. The first-order valence-corrected chi connectivity index (χ1v) is 8.14. The Balaban J connectivity index is 1.80. The van der Waals surface area contributed by atoms with E-state index in [1.54, 1.807) is 0 Å². The van der Waals surface area contributed by atoms with Crippen molar-refractivity contribution in [2.45, 2.75) is 58.0 Å². The topological polar surface area (TPSA) is 38.5 Å². The van der Waals surface area contributed by atoms with Gasteiger partial charge in [0.2, 0.25) is 0 Å². The summed E-state index contributed by atoms with van der Waals surface area (Å²) in [5.41, 5.74) is 6.48. The third-order valence-corrected chi connectivity index (χ3v) is 5.16. The summed E-state index contributed by atoms with van der Waals surface area (Å²) in [5.74, 6) is 0.895. The summed E-state index contributed by atoms with van der Waals surface area (Å²) < 4.78 is 5.85. The highest BCUT2D eigenvalue weighted by Gasteiger charge is 2.34. The van der Waals surface area contributed by atoms with Gasteiger partial charge in [0.15, 0.2) is 0 Å². The van der Waals surface area contributed by atoms with Crippen LogP contribution < -0.4 is 5.73 Å². The van der Waals surface area contributed by atoms with E-state index in [2.05, 4.69) is 18.9 Å². The zero-order valence-electron chi connectivity index (χ0n) is 12.9. The lowest BCUT2D eigenvalue weighted by Gasteiger charge is -2.42. The van der Waals surface area contributed by atoms with Crippen LogP contribution in [0.15, 0.2) is 0 Å². The molecule has 0 aromatic heterocycles. The van der Waals surface area contributed by atoms with Crippen LogP contribution in [0.2, 0.25) is 0 Å². The fraction of sp³-hybridized carbons (Fsp3) is 1.00. The maximum absolute atomic E-state index is 6.11. The number of nitrogens with two attached hydrogens (primary N) is 1. The van der Waals surface area contributed by atoms with Crippen LogP contribution >= 0.6 is 0 Å². The Morgan fingerprint density at radius 1 is 1.21 bits per heavy atom. The van der Waals surface area contributed by atoms with E-state index in [1.807, 2.05) is 0 Å². The van der Waals surface area contributed by atoms with Crippen molar-refractivity contribution in [3.63, 3.8) is 0 Å². The van der Waals surface area contributed by atoms with Crippen molar-refractivity contribution in [1.29, 1.82) is 0 Å². The molecule has 3 heteroatoms. The molecule has 1 unspecified atom stereocenters. The number of ether oxygens (including phenoxy) is 1. The van der Waals surface area contributed by atoms with Gasteiger partial charge in [-0.2, -0.15) is 0 Å². The first-order valence-electron chi connectivity index (χ1n) is 8.14. The molecule has 2 fully saturated rings. The average molecular weight is 268 g/mol. The van der Waals surface area contributed by atoms with Crippen LogP contribution in [0.4, 0.5) is 0 Å². The standard InChI is InChI=1S/C16H32N2O/c1-14-6-8-16(12-17,9-7-14)13-18(2)11-15-5-3-4-10-19-15/h14-15H,3-13,17H2,1-2H3. The van der Waals surface area contributed by atoms with Gasteiger partial charge in [0.05, 0.1) is 6.10 Å². The minimum Gasteiger partial charge on any atom is -0.377 e. The average Bonchev–Trinajstić information content (AvgIpc) is 2.43. The Morgan fingerprint density at radius 2 is 1.95 bits per heavy atom. The second-order valence-corrected chi connectivity index (χ2v) is 7.07. The molecule has 112 valence electrons. The molecule has 1 atom stereocenters. The lowest BCUT2D eigenvalue weighted by Crippen LogP contribution is -2.46. The van der Waals surface area contributed by atoms with E-state index in [1.165, 1.54) is 44.9 Å². The number of hydrogen-bond acceptors (Lipinski definition) is 3. The Hall–Kier alpha value is -0.120. The van der Waals surface area contributed by atoms with E-state index in [-0.39, 0.29) is 0 Å². The van der Waals surface area contributed by atoms with Gasteiger partial charge < -0.3 is 15.4 Å². The lowest BCUT2D eigenvalue weighted by atomic mass is 9.70. The van der Waals surface area contributed by atoms with E-state index in [4.69, 9.17) is 10.5 Å². The van der Waals surface area contributed by atoms with E-state index >= 15 is 0 Å². The van der Waals surface area contributed by atoms with Crippen LogP contribution in [0.5, 0.6) is 0 Å². The highest BCUT2D eigenvalue weighted by atomic mass is 16.5. The summed E-state index contributed by atoms with van der Waals surface area (Å²) in [6, 6.07) is 0. The minimum absolute atomic E-state index is 0.371. The van der Waals surface area contributed by atoms with E-state index in [0.29, 0.717) is 11.5 Å². The summed E-state index contributed by atoms with van der Waals surface area (Å²) in [5, 5.41) is 0. The molecule has 0 radical (unpaired) electrons. The summed E-state index contributed by atoms with van der Waals surface area (Å²) >= 11 is 0. The van der Waals surface area contributed by atoms with Gasteiger partial charge in [0.1, 0.15) is 0 Å². The molecule has 0 aromatic carbocycles. The summed E-state index contributed by atoms with van der Waals surface area (Å²) in [4.78, 5) is 2.47.